The summed E-state index contributed by atoms with van der Waals surface area (Å²) >= 11 is 1.67. The number of benzene rings is 1. The normalized spacial score (nSPS) is 17.5. The van der Waals surface area contributed by atoms with Gasteiger partial charge in [0.25, 0.3) is 11.6 Å². The van der Waals surface area contributed by atoms with Crippen LogP contribution in [0, 0.1) is 10.1 Å². The van der Waals surface area contributed by atoms with Crippen molar-refractivity contribution >= 4 is 35.1 Å². The number of aromatic nitrogens is 2. The van der Waals surface area contributed by atoms with Crippen molar-refractivity contribution in [2.24, 2.45) is 0 Å². The number of carbonyl (C=O) groups is 2. The first-order valence-electron chi connectivity index (χ1n) is 9.61. The fraction of sp³-hybridized carbons (Fsp3) is 0.421. The predicted molar refractivity (Wildman–Crippen MR) is 110 cm³/mol. The molecular formula is C19H21N5O5S. The topological polar surface area (TPSA) is 128 Å². The molecule has 2 aliphatic rings. The summed E-state index contributed by atoms with van der Waals surface area (Å²) in [6.07, 6.45) is 1.97. The van der Waals surface area contributed by atoms with Gasteiger partial charge in [-0.3, -0.25) is 19.7 Å². The number of ether oxygens (including phenoxy) is 1. The monoisotopic (exact) mass is 431 g/mol. The van der Waals surface area contributed by atoms with Gasteiger partial charge in [-0.25, -0.2) is 4.68 Å². The molecule has 0 radical (unpaired) electrons. The van der Waals surface area contributed by atoms with E-state index < -0.39 is 10.8 Å². The molecule has 2 amide bonds. The molecule has 1 atom stereocenters. The number of non-ortho nitro benzene ring substituents is 1. The first-order chi connectivity index (χ1) is 14.5. The fourth-order valence-corrected chi connectivity index (χ4v) is 4.52. The number of nitrogens with zero attached hydrogens (tertiary/aromatic N) is 3. The van der Waals surface area contributed by atoms with E-state index in [1.165, 1.54) is 28.9 Å². The Balaban J connectivity index is 1.48. The van der Waals surface area contributed by atoms with E-state index in [1.54, 1.807) is 11.8 Å². The van der Waals surface area contributed by atoms with E-state index in [0.29, 0.717) is 23.9 Å². The van der Waals surface area contributed by atoms with Gasteiger partial charge in [0.1, 0.15) is 12.4 Å². The Labute approximate surface area is 176 Å². The van der Waals surface area contributed by atoms with Crippen LogP contribution in [0.25, 0.3) is 0 Å². The number of nitro groups is 1. The average molecular weight is 431 g/mol. The fourth-order valence-electron chi connectivity index (χ4n) is 3.49. The second-order valence-corrected chi connectivity index (χ2v) is 8.11. The number of fused-ring (bicyclic) bond motifs is 1. The largest absolute Gasteiger partial charge is 0.376 e. The Hall–Kier alpha value is -2.92. The predicted octanol–water partition coefficient (Wildman–Crippen LogP) is 2.09. The summed E-state index contributed by atoms with van der Waals surface area (Å²) < 4.78 is 7.00. The maximum atomic E-state index is 12.7. The molecule has 10 nitrogen and oxygen atoms in total. The zero-order valence-corrected chi connectivity index (χ0v) is 16.9. The van der Waals surface area contributed by atoms with Crippen molar-refractivity contribution in [1.29, 1.82) is 0 Å². The van der Waals surface area contributed by atoms with Crippen molar-refractivity contribution in [3.05, 3.63) is 51.2 Å². The van der Waals surface area contributed by atoms with Crippen molar-refractivity contribution in [2.75, 3.05) is 18.5 Å². The van der Waals surface area contributed by atoms with E-state index in [9.17, 15) is 19.7 Å². The molecule has 0 bridgehead atoms. The average Bonchev–Trinajstić information content (AvgIpc) is 3.46. The Morgan fingerprint density at radius 2 is 2.23 bits per heavy atom. The lowest BCUT2D eigenvalue weighted by atomic mass is 10.2. The summed E-state index contributed by atoms with van der Waals surface area (Å²) in [6, 6.07) is 5.52. The van der Waals surface area contributed by atoms with Gasteiger partial charge in [0.15, 0.2) is 0 Å². The van der Waals surface area contributed by atoms with E-state index in [2.05, 4.69) is 15.7 Å². The van der Waals surface area contributed by atoms with E-state index in [0.717, 1.165) is 30.7 Å². The number of rotatable bonds is 7. The van der Waals surface area contributed by atoms with E-state index in [4.69, 9.17) is 4.74 Å². The number of hydrogen-bond donors (Lipinski definition) is 2. The molecule has 0 aliphatic carbocycles. The maximum Gasteiger partial charge on any atom is 0.270 e. The van der Waals surface area contributed by atoms with Gasteiger partial charge in [-0.05, 0) is 18.9 Å². The molecule has 1 aromatic heterocycles. The minimum absolute atomic E-state index is 0.0328. The molecule has 158 valence electrons. The molecule has 2 aliphatic heterocycles. The number of nitrogens with one attached hydrogen (secondary N) is 2. The first-order valence-corrected chi connectivity index (χ1v) is 10.8. The van der Waals surface area contributed by atoms with Crippen LogP contribution in [-0.2, 0) is 27.6 Å². The quantitative estimate of drug-likeness (QED) is 0.507. The first kappa shape index (κ1) is 20.4. The lowest BCUT2D eigenvalue weighted by Gasteiger charge is -2.13. The van der Waals surface area contributed by atoms with Crippen LogP contribution < -0.4 is 10.6 Å². The second kappa shape index (κ2) is 8.84. The van der Waals surface area contributed by atoms with Crippen molar-refractivity contribution in [3.8, 4) is 0 Å². The molecule has 0 spiro atoms. The number of anilines is 1. The van der Waals surface area contributed by atoms with Crippen molar-refractivity contribution in [3.63, 3.8) is 0 Å². The number of nitro benzene ring substituents is 1. The van der Waals surface area contributed by atoms with Crippen LogP contribution in [0.3, 0.4) is 0 Å². The highest BCUT2D eigenvalue weighted by molar-refractivity contribution is 7.98. The number of carbonyl (C=O) groups excluding carboxylic acids is 2. The standard InChI is InChI=1S/C19H21N5O5S/c25-17(20-8-14-5-2-6-29-14)9-23-18(15-10-30-11-16(15)22-23)21-19(26)12-3-1-4-13(7-12)24(27)28/h1,3-4,7,14H,2,5-6,8-11H2,(H,20,25)(H,21,26). The van der Waals surface area contributed by atoms with Crippen LogP contribution in [0.4, 0.5) is 11.5 Å². The smallest absolute Gasteiger partial charge is 0.270 e. The molecule has 30 heavy (non-hydrogen) atoms. The van der Waals surface area contributed by atoms with Crippen LogP contribution >= 0.6 is 11.8 Å². The van der Waals surface area contributed by atoms with E-state index >= 15 is 0 Å². The zero-order valence-electron chi connectivity index (χ0n) is 16.1. The van der Waals surface area contributed by atoms with Gasteiger partial charge in [0.2, 0.25) is 5.91 Å². The summed E-state index contributed by atoms with van der Waals surface area (Å²) in [5.74, 6) is 1.14. The lowest BCUT2D eigenvalue weighted by Crippen LogP contribution is -2.34. The number of thioether (sulfide) groups is 1. The van der Waals surface area contributed by atoms with E-state index in [-0.39, 0.29) is 29.8 Å². The number of amides is 2. The molecular weight excluding hydrogens is 410 g/mol. The minimum Gasteiger partial charge on any atom is -0.376 e. The molecule has 2 N–H and O–H groups in total. The molecule has 1 unspecified atom stereocenters. The minimum atomic E-state index is -0.548. The van der Waals surface area contributed by atoms with Crippen molar-refractivity contribution in [1.82, 2.24) is 15.1 Å². The van der Waals surface area contributed by atoms with E-state index in [1.807, 2.05) is 0 Å². The molecule has 1 aromatic carbocycles. The van der Waals surface area contributed by atoms with Gasteiger partial charge >= 0.3 is 0 Å². The highest BCUT2D eigenvalue weighted by atomic mass is 32.2. The molecule has 1 fully saturated rings. The zero-order chi connectivity index (χ0) is 21.1. The molecule has 1 saturated heterocycles. The molecule has 0 saturated carbocycles. The summed E-state index contributed by atoms with van der Waals surface area (Å²) in [5, 5.41) is 21.1. The Morgan fingerprint density at radius 1 is 1.37 bits per heavy atom. The third-order valence-electron chi connectivity index (χ3n) is 5.01. The van der Waals surface area contributed by atoms with Crippen LogP contribution in [0.1, 0.15) is 34.5 Å². The van der Waals surface area contributed by atoms with Crippen LogP contribution in [-0.4, -0.2) is 45.8 Å². The highest BCUT2D eigenvalue weighted by Crippen LogP contribution is 2.35. The van der Waals surface area contributed by atoms with Crippen LogP contribution in [0.2, 0.25) is 0 Å². The summed E-state index contributed by atoms with van der Waals surface area (Å²) in [7, 11) is 0. The summed E-state index contributed by atoms with van der Waals surface area (Å²) in [6.45, 7) is 1.14. The third kappa shape index (κ3) is 4.46. The molecule has 11 heteroatoms. The Morgan fingerprint density at radius 3 is 3.00 bits per heavy atom. The summed E-state index contributed by atoms with van der Waals surface area (Å²) in [5.41, 5.74) is 1.72. The second-order valence-electron chi connectivity index (χ2n) is 7.12. The summed E-state index contributed by atoms with van der Waals surface area (Å²) in [4.78, 5) is 35.6. The van der Waals surface area contributed by atoms with Crippen molar-refractivity contribution in [2.45, 2.75) is 37.0 Å². The third-order valence-corrected chi connectivity index (χ3v) is 5.98. The Bertz CT molecular complexity index is 986. The van der Waals surface area contributed by atoms with Gasteiger partial charge in [-0.15, -0.1) is 0 Å². The Kier molecular flexibility index (Phi) is 6.00. The van der Waals surface area contributed by atoms with Gasteiger partial charge in [-0.2, -0.15) is 16.9 Å². The van der Waals surface area contributed by atoms with Gasteiger partial charge < -0.3 is 15.4 Å². The lowest BCUT2D eigenvalue weighted by molar-refractivity contribution is -0.384. The molecule has 3 heterocycles. The molecule has 2 aromatic rings. The SMILES string of the molecule is O=C(Cn1nc2c(c1NC(=O)c1cccc([N+](=O)[O-])c1)CSC2)NCC1CCCO1. The van der Waals surface area contributed by atoms with Gasteiger partial charge in [0.05, 0.1) is 16.7 Å². The van der Waals surface area contributed by atoms with Crippen LogP contribution in [0.5, 0.6) is 0 Å². The molecule has 4 rings (SSSR count). The van der Waals surface area contributed by atoms with Crippen molar-refractivity contribution < 1.29 is 19.2 Å². The highest BCUT2D eigenvalue weighted by Gasteiger charge is 2.26. The van der Waals surface area contributed by atoms with Crippen LogP contribution in [0.15, 0.2) is 24.3 Å². The maximum absolute atomic E-state index is 12.7. The van der Waals surface area contributed by atoms with Gasteiger partial charge in [0, 0.05) is 47.9 Å². The van der Waals surface area contributed by atoms with Gasteiger partial charge in [-0.1, -0.05) is 6.07 Å². The number of hydrogen-bond acceptors (Lipinski definition) is 7.